The van der Waals surface area contributed by atoms with Gasteiger partial charge in [-0.2, -0.15) is 0 Å². The lowest BCUT2D eigenvalue weighted by atomic mass is 9.70. The van der Waals surface area contributed by atoms with Crippen molar-refractivity contribution >= 4 is 16.3 Å². The van der Waals surface area contributed by atoms with E-state index in [9.17, 15) is 5.11 Å². The first-order chi connectivity index (χ1) is 7.79. The van der Waals surface area contributed by atoms with Crippen LogP contribution in [0.2, 0.25) is 19.6 Å². The highest BCUT2D eigenvalue weighted by molar-refractivity contribution is 6.69. The molecule has 3 fully saturated rings. The molecular formula is C12H25BNO2Si+. The summed E-state index contributed by atoms with van der Waals surface area (Å²) in [5.41, 5.74) is -0.148. The number of rotatable bonds is 4. The van der Waals surface area contributed by atoms with E-state index >= 15 is 0 Å². The Bertz CT molecular complexity index is 283. The molecule has 2 radical (unpaired) electrons. The van der Waals surface area contributed by atoms with Crippen LogP contribution in [0.15, 0.2) is 0 Å². The average Bonchev–Trinajstić information content (AvgIpc) is 2.14. The minimum absolute atomic E-state index is 0.148. The maximum atomic E-state index is 9.38. The first kappa shape index (κ1) is 13.6. The van der Waals surface area contributed by atoms with Crippen molar-refractivity contribution in [2.24, 2.45) is 5.92 Å². The Kier molecular flexibility index (Phi) is 3.49. The third-order valence-corrected chi connectivity index (χ3v) is 5.24. The van der Waals surface area contributed by atoms with E-state index in [1.54, 1.807) is 0 Å². The predicted molar refractivity (Wildman–Crippen MR) is 72.2 cm³/mol. The number of hydrogen-bond acceptors (Lipinski definition) is 2. The van der Waals surface area contributed by atoms with E-state index in [4.69, 9.17) is 12.4 Å². The normalized spacial score (nSPS) is 41.8. The first-order valence-electron chi connectivity index (χ1n) is 6.74. The van der Waals surface area contributed by atoms with E-state index in [-0.39, 0.29) is 12.2 Å². The second-order valence-electron chi connectivity index (χ2n) is 6.85. The third kappa shape index (κ3) is 2.78. The Labute approximate surface area is 107 Å². The molecule has 2 bridgehead atoms. The zero-order valence-corrected chi connectivity index (χ0v) is 12.4. The zero-order chi connectivity index (χ0) is 12.7. The average molecular weight is 254 g/mol. The fraction of sp³-hybridized carbons (Fsp3) is 1.00. The zero-order valence-electron chi connectivity index (χ0n) is 11.4. The van der Waals surface area contributed by atoms with Crippen LogP contribution in [-0.2, 0) is 4.43 Å². The molecule has 1 N–H and O–H groups in total. The van der Waals surface area contributed by atoms with E-state index < -0.39 is 8.32 Å². The number of aliphatic hydroxyl groups is 1. The topological polar surface area (TPSA) is 29.5 Å². The van der Waals surface area contributed by atoms with Gasteiger partial charge in [0.2, 0.25) is 0 Å². The molecule has 96 valence electrons. The molecule has 1 atom stereocenters. The van der Waals surface area contributed by atoms with E-state index in [0.29, 0.717) is 10.3 Å². The van der Waals surface area contributed by atoms with Gasteiger partial charge in [-0.15, -0.1) is 0 Å². The molecule has 3 nitrogen and oxygen atoms in total. The van der Waals surface area contributed by atoms with Crippen molar-refractivity contribution in [1.82, 2.24) is 0 Å². The summed E-state index contributed by atoms with van der Waals surface area (Å²) in [5, 5.41) is 9.38. The van der Waals surface area contributed by atoms with Crippen molar-refractivity contribution in [2.75, 3.05) is 26.2 Å². The highest BCUT2D eigenvalue weighted by Crippen LogP contribution is 2.44. The van der Waals surface area contributed by atoms with Crippen molar-refractivity contribution in [2.45, 2.75) is 44.5 Å². The molecule has 3 aliphatic heterocycles. The van der Waals surface area contributed by atoms with Crippen LogP contribution in [0.1, 0.15) is 19.3 Å². The molecule has 17 heavy (non-hydrogen) atoms. The Morgan fingerprint density at radius 3 is 2.35 bits per heavy atom. The molecule has 0 saturated carbocycles. The Hall–Kier alpha value is 0.162. The van der Waals surface area contributed by atoms with Gasteiger partial charge in [0.1, 0.15) is 5.60 Å². The standard InChI is InChI=1S/C12H25BNO2Si/c1-17(2,3)16-12(6-9-15)10-14(13)7-4-11(12)5-8-14/h11,15H,4-10H2,1-3H3/q+1. The van der Waals surface area contributed by atoms with Gasteiger partial charge < -0.3 is 13.9 Å². The quantitative estimate of drug-likeness (QED) is 0.766. The summed E-state index contributed by atoms with van der Waals surface area (Å²) < 4.78 is 7.14. The van der Waals surface area contributed by atoms with Crippen molar-refractivity contribution in [3.63, 3.8) is 0 Å². The molecule has 3 rings (SSSR count). The van der Waals surface area contributed by atoms with Gasteiger partial charge in [-0.05, 0) is 19.6 Å². The van der Waals surface area contributed by atoms with Crippen molar-refractivity contribution in [1.29, 1.82) is 0 Å². The largest absolute Gasteiger partial charge is 0.481 e. The molecule has 0 aromatic carbocycles. The molecule has 0 aromatic heterocycles. The van der Waals surface area contributed by atoms with Crippen molar-refractivity contribution in [3.05, 3.63) is 0 Å². The number of nitrogens with zero attached hydrogens (tertiary/aromatic N) is 1. The maximum absolute atomic E-state index is 9.38. The predicted octanol–water partition coefficient (Wildman–Crippen LogP) is 1.28. The summed E-state index contributed by atoms with van der Waals surface area (Å²) in [6, 6.07) is 0. The Balaban J connectivity index is 2.22. The monoisotopic (exact) mass is 254 g/mol. The van der Waals surface area contributed by atoms with Gasteiger partial charge in [0.25, 0.3) is 0 Å². The molecule has 3 saturated heterocycles. The van der Waals surface area contributed by atoms with Crippen LogP contribution in [-0.4, -0.2) is 57.6 Å². The summed E-state index contributed by atoms with van der Waals surface area (Å²) in [5.74, 6) is 0.602. The molecule has 3 heterocycles. The second kappa shape index (κ2) is 4.37. The second-order valence-corrected chi connectivity index (χ2v) is 11.3. The Morgan fingerprint density at radius 1 is 1.35 bits per heavy atom. The number of hydrogen-bond donors (Lipinski definition) is 1. The summed E-state index contributed by atoms with van der Waals surface area (Å²) in [6.07, 6.45) is 3.06. The third-order valence-electron chi connectivity index (χ3n) is 4.22. The van der Waals surface area contributed by atoms with Crippen LogP contribution in [0.5, 0.6) is 0 Å². The van der Waals surface area contributed by atoms with Crippen LogP contribution in [0.3, 0.4) is 0 Å². The van der Waals surface area contributed by atoms with Crippen LogP contribution in [0.25, 0.3) is 0 Å². The molecule has 1 unspecified atom stereocenters. The van der Waals surface area contributed by atoms with Crippen LogP contribution < -0.4 is 0 Å². The molecular weight excluding hydrogens is 229 g/mol. The number of fused-ring (bicyclic) bond motifs is 3. The summed E-state index contributed by atoms with van der Waals surface area (Å²) in [4.78, 5) is 0. The maximum Gasteiger partial charge on any atom is 0.481 e. The van der Waals surface area contributed by atoms with Crippen LogP contribution in [0.4, 0.5) is 0 Å². The SMILES string of the molecule is [B][N+]12CCC(CC1)C(CCO)(O[Si](C)(C)C)C2. The number of aliphatic hydroxyl groups excluding tert-OH is 1. The highest BCUT2D eigenvalue weighted by Gasteiger charge is 2.54. The molecule has 0 aliphatic carbocycles. The molecule has 5 heteroatoms. The van der Waals surface area contributed by atoms with Gasteiger partial charge in [0.15, 0.2) is 8.32 Å². The van der Waals surface area contributed by atoms with E-state index in [1.807, 2.05) is 0 Å². The smallest absolute Gasteiger partial charge is 0.406 e. The molecule has 0 amide bonds. The van der Waals surface area contributed by atoms with E-state index in [2.05, 4.69) is 19.6 Å². The van der Waals surface area contributed by atoms with Crippen LogP contribution in [0, 0.1) is 5.92 Å². The van der Waals surface area contributed by atoms with Crippen molar-refractivity contribution in [3.8, 4) is 0 Å². The Morgan fingerprint density at radius 2 is 1.94 bits per heavy atom. The minimum atomic E-state index is -1.60. The van der Waals surface area contributed by atoms with E-state index in [1.165, 1.54) is 0 Å². The fourth-order valence-electron chi connectivity index (χ4n) is 3.68. The minimum Gasteiger partial charge on any atom is -0.406 e. The molecule has 3 aliphatic rings. The highest BCUT2D eigenvalue weighted by atomic mass is 28.4. The van der Waals surface area contributed by atoms with Gasteiger partial charge in [0.05, 0.1) is 19.6 Å². The molecule has 0 aromatic rings. The van der Waals surface area contributed by atoms with E-state index in [0.717, 1.165) is 38.9 Å². The summed E-state index contributed by atoms with van der Waals surface area (Å²) in [6.45, 7) is 9.93. The fourth-order valence-corrected chi connectivity index (χ4v) is 5.23. The van der Waals surface area contributed by atoms with Gasteiger partial charge in [-0.1, -0.05) is 0 Å². The van der Waals surface area contributed by atoms with Gasteiger partial charge in [-0.25, -0.2) is 0 Å². The lowest BCUT2D eigenvalue weighted by molar-refractivity contribution is -0.846. The lowest BCUT2D eigenvalue weighted by Crippen LogP contribution is -2.70. The molecule has 0 spiro atoms. The van der Waals surface area contributed by atoms with Gasteiger partial charge >= 0.3 is 7.98 Å². The van der Waals surface area contributed by atoms with Gasteiger partial charge in [0, 0.05) is 31.8 Å². The number of quaternary nitrogens is 1. The lowest BCUT2D eigenvalue weighted by Gasteiger charge is -2.59. The summed E-state index contributed by atoms with van der Waals surface area (Å²) in [7, 11) is 4.81. The number of piperidine rings is 3. The van der Waals surface area contributed by atoms with Gasteiger partial charge in [-0.3, -0.25) is 0 Å². The first-order valence-corrected chi connectivity index (χ1v) is 10.2. The summed E-state index contributed by atoms with van der Waals surface area (Å²) >= 11 is 0. The van der Waals surface area contributed by atoms with Crippen molar-refractivity contribution < 1.29 is 13.9 Å². The van der Waals surface area contributed by atoms with Crippen LogP contribution >= 0.6 is 0 Å².